The van der Waals surface area contributed by atoms with Gasteiger partial charge in [-0.05, 0) is 63.4 Å². The van der Waals surface area contributed by atoms with Gasteiger partial charge in [0, 0.05) is 27.6 Å². The molecule has 0 fully saturated rings. The van der Waals surface area contributed by atoms with E-state index in [0.717, 1.165) is 14.5 Å². The summed E-state index contributed by atoms with van der Waals surface area (Å²) in [5.74, 6) is 0. The van der Waals surface area contributed by atoms with Gasteiger partial charge in [-0.3, -0.25) is 0 Å². The lowest BCUT2D eigenvalue weighted by molar-refractivity contribution is 0.421. The van der Waals surface area contributed by atoms with E-state index in [0.29, 0.717) is 13.1 Å². The average Bonchev–Trinajstić information content (AvgIpc) is 2.19. The van der Waals surface area contributed by atoms with Crippen LogP contribution in [0.1, 0.15) is 19.4 Å². The number of rotatable bonds is 6. The largest absolute Gasteiger partial charge is 0.311 e. The first kappa shape index (κ1) is 17.1. The van der Waals surface area contributed by atoms with Gasteiger partial charge in [-0.2, -0.15) is 0 Å². The zero-order valence-electron chi connectivity index (χ0n) is 11.1. The second-order valence-electron chi connectivity index (χ2n) is 5.11. The topological polar surface area (TPSA) is 58.2 Å². The van der Waals surface area contributed by atoms with Gasteiger partial charge < -0.3 is 5.32 Å². The van der Waals surface area contributed by atoms with Gasteiger partial charge in [0.25, 0.3) is 0 Å². The molecule has 1 rings (SSSR count). The lowest BCUT2D eigenvalue weighted by Crippen LogP contribution is -2.49. The fourth-order valence-corrected chi connectivity index (χ4v) is 3.46. The third-order valence-electron chi connectivity index (χ3n) is 2.34. The van der Waals surface area contributed by atoms with Crippen LogP contribution in [-0.4, -0.2) is 26.8 Å². The minimum absolute atomic E-state index is 0.514. The molecule has 4 nitrogen and oxygen atoms in total. The molecule has 0 heterocycles. The lowest BCUT2D eigenvalue weighted by Gasteiger charge is -2.25. The molecule has 0 saturated heterocycles. The van der Waals surface area contributed by atoms with Gasteiger partial charge in [0.15, 0.2) is 0 Å². The summed E-state index contributed by atoms with van der Waals surface area (Å²) >= 11 is 6.87. The van der Waals surface area contributed by atoms with Crippen molar-refractivity contribution in [1.29, 1.82) is 0 Å². The Morgan fingerprint density at radius 2 is 1.84 bits per heavy atom. The maximum atomic E-state index is 11.2. The van der Waals surface area contributed by atoms with Gasteiger partial charge in [0.2, 0.25) is 10.0 Å². The monoisotopic (exact) mass is 412 g/mol. The molecule has 0 atom stereocenters. The maximum Gasteiger partial charge on any atom is 0.209 e. The zero-order valence-corrected chi connectivity index (χ0v) is 15.1. The smallest absolute Gasteiger partial charge is 0.209 e. The van der Waals surface area contributed by atoms with Gasteiger partial charge in [0.1, 0.15) is 0 Å². The van der Waals surface area contributed by atoms with E-state index in [-0.39, 0.29) is 0 Å². The maximum absolute atomic E-state index is 11.2. The van der Waals surface area contributed by atoms with E-state index in [1.807, 2.05) is 32.0 Å². The number of sulfonamides is 1. The first-order valence-corrected chi connectivity index (χ1v) is 9.20. The van der Waals surface area contributed by atoms with Gasteiger partial charge in [0.05, 0.1) is 6.26 Å². The molecule has 0 aliphatic rings. The Balaban J connectivity index is 2.51. The van der Waals surface area contributed by atoms with Crippen molar-refractivity contribution in [3.63, 3.8) is 0 Å². The minimum atomic E-state index is -3.19. The number of nitrogens with one attached hydrogen (secondary N) is 2. The number of hydrogen-bond donors (Lipinski definition) is 2. The van der Waals surface area contributed by atoms with Gasteiger partial charge in [-0.15, -0.1) is 0 Å². The number of halogens is 2. The number of hydrogen-bond acceptors (Lipinski definition) is 3. The van der Waals surface area contributed by atoms with E-state index in [9.17, 15) is 8.42 Å². The molecule has 7 heteroatoms. The molecule has 0 aliphatic heterocycles. The summed E-state index contributed by atoms with van der Waals surface area (Å²) < 4.78 is 27.0. The van der Waals surface area contributed by atoms with Crippen molar-refractivity contribution in [1.82, 2.24) is 10.0 Å². The SMILES string of the molecule is CC(C)(CNCc1ccc(Br)c(Br)c1)NS(C)(=O)=O. The molecule has 1 aromatic rings. The normalized spacial score (nSPS) is 12.7. The van der Waals surface area contributed by atoms with Crippen molar-refractivity contribution in [3.8, 4) is 0 Å². The summed E-state index contributed by atoms with van der Waals surface area (Å²) in [6.45, 7) is 4.92. The molecule has 0 saturated carbocycles. The van der Waals surface area contributed by atoms with E-state index < -0.39 is 15.6 Å². The van der Waals surface area contributed by atoms with Crippen LogP contribution in [0.3, 0.4) is 0 Å². The van der Waals surface area contributed by atoms with Crippen molar-refractivity contribution in [2.75, 3.05) is 12.8 Å². The van der Waals surface area contributed by atoms with E-state index in [4.69, 9.17) is 0 Å². The highest BCUT2D eigenvalue weighted by atomic mass is 79.9. The van der Waals surface area contributed by atoms with Crippen LogP contribution in [-0.2, 0) is 16.6 Å². The molecular weight excluding hydrogens is 396 g/mol. The molecule has 19 heavy (non-hydrogen) atoms. The van der Waals surface area contributed by atoms with Gasteiger partial charge in [-0.25, -0.2) is 13.1 Å². The van der Waals surface area contributed by atoms with Crippen LogP contribution in [0.5, 0.6) is 0 Å². The first-order chi connectivity index (χ1) is 8.59. The van der Waals surface area contributed by atoms with Crippen LogP contribution >= 0.6 is 31.9 Å². The minimum Gasteiger partial charge on any atom is -0.311 e. The summed E-state index contributed by atoms with van der Waals surface area (Å²) in [5, 5.41) is 3.25. The molecular formula is C12H18Br2N2O2S. The quantitative estimate of drug-likeness (QED) is 0.753. The summed E-state index contributed by atoms with van der Waals surface area (Å²) in [6.07, 6.45) is 1.17. The Morgan fingerprint density at radius 1 is 1.21 bits per heavy atom. The van der Waals surface area contributed by atoms with Crippen molar-refractivity contribution in [2.45, 2.75) is 25.9 Å². The van der Waals surface area contributed by atoms with Crippen LogP contribution < -0.4 is 10.0 Å². The van der Waals surface area contributed by atoms with E-state index >= 15 is 0 Å². The molecule has 108 valence electrons. The predicted molar refractivity (Wildman–Crippen MR) is 85.6 cm³/mol. The van der Waals surface area contributed by atoms with E-state index in [1.54, 1.807) is 0 Å². The molecule has 0 bridgehead atoms. The molecule has 0 aliphatic carbocycles. The molecule has 1 aromatic carbocycles. The van der Waals surface area contributed by atoms with Gasteiger partial charge >= 0.3 is 0 Å². The molecule has 0 spiro atoms. The van der Waals surface area contributed by atoms with Crippen molar-refractivity contribution in [2.24, 2.45) is 0 Å². The summed E-state index contributed by atoms with van der Waals surface area (Å²) in [6, 6.07) is 6.01. The highest BCUT2D eigenvalue weighted by Crippen LogP contribution is 2.23. The fraction of sp³-hybridized carbons (Fsp3) is 0.500. The molecule has 0 aromatic heterocycles. The van der Waals surface area contributed by atoms with E-state index in [2.05, 4.69) is 41.9 Å². The summed E-state index contributed by atoms with van der Waals surface area (Å²) in [4.78, 5) is 0. The molecule has 0 amide bonds. The van der Waals surface area contributed by atoms with Gasteiger partial charge in [-0.1, -0.05) is 6.07 Å². The van der Waals surface area contributed by atoms with E-state index in [1.165, 1.54) is 6.26 Å². The molecule has 0 radical (unpaired) electrons. The first-order valence-electron chi connectivity index (χ1n) is 5.73. The number of benzene rings is 1. The second kappa shape index (κ2) is 6.67. The fourth-order valence-electron chi connectivity index (χ4n) is 1.71. The highest BCUT2D eigenvalue weighted by molar-refractivity contribution is 9.13. The Kier molecular flexibility index (Phi) is 6.00. The Morgan fingerprint density at radius 3 is 2.37 bits per heavy atom. The zero-order chi connectivity index (χ0) is 14.7. The van der Waals surface area contributed by atoms with Crippen LogP contribution in [0.2, 0.25) is 0 Å². The summed E-state index contributed by atoms with van der Waals surface area (Å²) in [7, 11) is -3.19. The van der Waals surface area contributed by atoms with Crippen LogP contribution in [0.15, 0.2) is 27.1 Å². The third kappa shape index (κ3) is 6.85. The van der Waals surface area contributed by atoms with Crippen LogP contribution in [0.4, 0.5) is 0 Å². The second-order valence-corrected chi connectivity index (χ2v) is 8.57. The highest BCUT2D eigenvalue weighted by Gasteiger charge is 2.21. The molecule has 2 N–H and O–H groups in total. The Bertz CT molecular complexity index is 545. The van der Waals surface area contributed by atoms with Crippen molar-refractivity contribution >= 4 is 41.9 Å². The van der Waals surface area contributed by atoms with Crippen molar-refractivity contribution < 1.29 is 8.42 Å². The third-order valence-corrected chi connectivity index (χ3v) is 5.14. The van der Waals surface area contributed by atoms with Crippen LogP contribution in [0.25, 0.3) is 0 Å². The Labute approximate surface area is 131 Å². The Hall–Kier alpha value is 0.0500. The average molecular weight is 414 g/mol. The van der Waals surface area contributed by atoms with Crippen LogP contribution in [0, 0.1) is 0 Å². The molecule has 0 unspecified atom stereocenters. The summed E-state index contributed by atoms with van der Waals surface area (Å²) in [5.41, 5.74) is 0.616. The lowest BCUT2D eigenvalue weighted by atomic mass is 10.1. The van der Waals surface area contributed by atoms with Crippen molar-refractivity contribution in [3.05, 3.63) is 32.7 Å². The predicted octanol–water partition coefficient (Wildman–Crippen LogP) is 2.63. The standard InChI is InChI=1S/C12H18Br2N2O2S/c1-12(2,16-19(3,17)18)8-15-7-9-4-5-10(13)11(14)6-9/h4-6,15-16H,7-8H2,1-3H3.